The number of aliphatic hydroxyl groups excluding tert-OH is 1. The van der Waals surface area contributed by atoms with Crippen molar-refractivity contribution in [2.45, 2.75) is 19.4 Å². The van der Waals surface area contributed by atoms with Crippen LogP contribution in [0.15, 0.2) is 18.2 Å². The zero-order chi connectivity index (χ0) is 14.7. The molecule has 0 radical (unpaired) electrons. The molecular formula is C14H20FN3O2. The highest BCUT2D eigenvalue weighted by Crippen LogP contribution is 2.23. The average Bonchev–Trinajstić information content (AvgIpc) is 2.74. The number of nitrogens with zero attached hydrogens (tertiary/aromatic N) is 1. The Hall–Kier alpha value is -1.66. The monoisotopic (exact) mass is 281 g/mol. The van der Waals surface area contributed by atoms with Crippen molar-refractivity contribution in [3.05, 3.63) is 24.0 Å². The van der Waals surface area contributed by atoms with Gasteiger partial charge in [0.25, 0.3) is 0 Å². The van der Waals surface area contributed by atoms with Crippen molar-refractivity contribution < 1.29 is 14.3 Å². The number of aliphatic hydroxyl groups is 1. The lowest BCUT2D eigenvalue weighted by Gasteiger charge is -2.24. The van der Waals surface area contributed by atoms with Crippen LogP contribution in [0.4, 0.5) is 15.8 Å². The van der Waals surface area contributed by atoms with Gasteiger partial charge in [0, 0.05) is 11.7 Å². The van der Waals surface area contributed by atoms with E-state index in [2.05, 4.69) is 12.2 Å². The summed E-state index contributed by atoms with van der Waals surface area (Å²) in [5.74, 6) is -0.458. The molecule has 1 aromatic rings. The first kappa shape index (κ1) is 14.7. The third kappa shape index (κ3) is 3.26. The number of benzene rings is 1. The number of nitrogens with one attached hydrogen (secondary N) is 1. The van der Waals surface area contributed by atoms with Gasteiger partial charge >= 0.3 is 0 Å². The molecule has 2 rings (SSSR count). The lowest BCUT2D eigenvalue weighted by atomic mass is 10.0. The minimum Gasteiger partial charge on any atom is -0.399 e. The summed E-state index contributed by atoms with van der Waals surface area (Å²) in [6, 6.07) is 4.05. The number of halogens is 1. The van der Waals surface area contributed by atoms with E-state index in [1.807, 2.05) is 4.90 Å². The average molecular weight is 281 g/mol. The van der Waals surface area contributed by atoms with Crippen molar-refractivity contribution in [1.82, 2.24) is 4.90 Å². The lowest BCUT2D eigenvalue weighted by Crippen LogP contribution is -2.40. The number of nitrogen functional groups attached to an aromatic ring is 1. The Labute approximate surface area is 117 Å². The maximum Gasteiger partial charge on any atom is 0.238 e. The van der Waals surface area contributed by atoms with E-state index in [0.717, 1.165) is 13.0 Å². The summed E-state index contributed by atoms with van der Waals surface area (Å²) in [4.78, 5) is 13.9. The fraction of sp³-hybridized carbons (Fsp3) is 0.500. The molecule has 6 heteroatoms. The van der Waals surface area contributed by atoms with Gasteiger partial charge in [-0.3, -0.25) is 9.69 Å². The van der Waals surface area contributed by atoms with Crippen LogP contribution < -0.4 is 11.1 Å². The topological polar surface area (TPSA) is 78.6 Å². The second-order valence-corrected chi connectivity index (χ2v) is 5.27. The van der Waals surface area contributed by atoms with E-state index in [0.29, 0.717) is 11.6 Å². The number of nitrogens with two attached hydrogens (primary N) is 1. The molecule has 2 unspecified atom stereocenters. The third-order valence-electron chi connectivity index (χ3n) is 3.80. The molecule has 1 aromatic carbocycles. The molecule has 20 heavy (non-hydrogen) atoms. The molecule has 0 spiro atoms. The Morgan fingerprint density at radius 3 is 3.05 bits per heavy atom. The number of likely N-dealkylation sites (tertiary alicyclic amines) is 1. The Morgan fingerprint density at radius 1 is 1.60 bits per heavy atom. The highest BCUT2D eigenvalue weighted by molar-refractivity contribution is 5.92. The summed E-state index contributed by atoms with van der Waals surface area (Å²) in [5.41, 5.74) is 6.05. The molecule has 0 aliphatic carbocycles. The van der Waals surface area contributed by atoms with Crippen molar-refractivity contribution >= 4 is 17.3 Å². The van der Waals surface area contributed by atoms with Crippen molar-refractivity contribution in [2.24, 2.45) is 5.92 Å². The summed E-state index contributed by atoms with van der Waals surface area (Å²) < 4.78 is 13.5. The van der Waals surface area contributed by atoms with Gasteiger partial charge in [-0.05, 0) is 37.1 Å². The lowest BCUT2D eigenvalue weighted by molar-refractivity contribution is -0.117. The number of rotatable bonds is 4. The molecular weight excluding hydrogens is 261 g/mol. The van der Waals surface area contributed by atoms with Crippen LogP contribution in [0, 0.1) is 11.7 Å². The molecule has 110 valence electrons. The Kier molecular flexibility index (Phi) is 4.57. The van der Waals surface area contributed by atoms with E-state index in [1.165, 1.54) is 18.2 Å². The predicted molar refractivity (Wildman–Crippen MR) is 75.7 cm³/mol. The number of carbonyl (C=O) groups is 1. The molecule has 0 bridgehead atoms. The van der Waals surface area contributed by atoms with Gasteiger partial charge in [-0.15, -0.1) is 0 Å². The first-order valence-corrected chi connectivity index (χ1v) is 6.71. The molecule has 1 aliphatic heterocycles. The van der Waals surface area contributed by atoms with Crippen LogP contribution in [-0.4, -0.2) is 41.7 Å². The van der Waals surface area contributed by atoms with Crippen molar-refractivity contribution in [2.75, 3.05) is 30.7 Å². The number of anilines is 2. The van der Waals surface area contributed by atoms with Crippen LogP contribution in [0.2, 0.25) is 0 Å². The van der Waals surface area contributed by atoms with Gasteiger partial charge in [-0.1, -0.05) is 6.92 Å². The van der Waals surface area contributed by atoms with E-state index in [4.69, 9.17) is 5.73 Å². The number of hydrogen-bond acceptors (Lipinski definition) is 4. The van der Waals surface area contributed by atoms with Crippen LogP contribution >= 0.6 is 0 Å². The van der Waals surface area contributed by atoms with Crippen molar-refractivity contribution in [3.8, 4) is 0 Å². The quantitative estimate of drug-likeness (QED) is 0.721. The van der Waals surface area contributed by atoms with E-state index in [9.17, 15) is 14.3 Å². The number of carbonyl (C=O) groups excluding carboxylic acids is 1. The molecule has 4 N–H and O–H groups in total. The van der Waals surface area contributed by atoms with Gasteiger partial charge in [0.2, 0.25) is 5.91 Å². The minimum atomic E-state index is -0.513. The zero-order valence-electron chi connectivity index (χ0n) is 11.5. The van der Waals surface area contributed by atoms with Gasteiger partial charge in [0.15, 0.2) is 0 Å². The van der Waals surface area contributed by atoms with E-state index >= 15 is 0 Å². The van der Waals surface area contributed by atoms with Crippen LogP contribution in [0.1, 0.15) is 13.3 Å². The third-order valence-corrected chi connectivity index (χ3v) is 3.80. The Balaban J connectivity index is 1.97. The van der Waals surface area contributed by atoms with Gasteiger partial charge < -0.3 is 16.2 Å². The highest BCUT2D eigenvalue weighted by Gasteiger charge is 2.31. The van der Waals surface area contributed by atoms with Gasteiger partial charge in [0.1, 0.15) is 5.82 Å². The molecule has 5 nitrogen and oxygen atoms in total. The zero-order valence-corrected chi connectivity index (χ0v) is 11.5. The molecule has 1 aliphatic rings. The SMILES string of the molecule is CC1CCN(CC(=O)Nc2cc(N)ccc2F)C1CO. The molecule has 0 aromatic heterocycles. The van der Waals surface area contributed by atoms with Crippen molar-refractivity contribution in [1.29, 1.82) is 0 Å². The van der Waals surface area contributed by atoms with E-state index in [-0.39, 0.29) is 30.8 Å². The van der Waals surface area contributed by atoms with Crippen LogP contribution in [0.3, 0.4) is 0 Å². The molecule has 1 heterocycles. The summed E-state index contributed by atoms with van der Waals surface area (Å²) in [6.07, 6.45) is 0.950. The largest absolute Gasteiger partial charge is 0.399 e. The van der Waals surface area contributed by atoms with Crippen LogP contribution in [0.5, 0.6) is 0 Å². The standard InChI is InChI=1S/C14H20FN3O2/c1-9-4-5-18(13(9)8-19)7-14(20)17-12-6-10(16)2-3-11(12)15/h2-3,6,9,13,19H,4-5,7-8,16H2,1H3,(H,17,20). The Bertz CT molecular complexity index is 495. The molecule has 0 saturated carbocycles. The molecule has 1 amide bonds. The van der Waals surface area contributed by atoms with E-state index < -0.39 is 5.82 Å². The minimum absolute atomic E-state index is 0.00793. The maximum atomic E-state index is 13.5. The fourth-order valence-electron chi connectivity index (χ4n) is 2.59. The number of hydrogen-bond donors (Lipinski definition) is 3. The predicted octanol–water partition coefficient (Wildman–Crippen LogP) is 1.05. The maximum absolute atomic E-state index is 13.5. The smallest absolute Gasteiger partial charge is 0.238 e. The van der Waals surface area contributed by atoms with Crippen LogP contribution in [0.25, 0.3) is 0 Å². The number of amides is 1. The summed E-state index contributed by atoms with van der Waals surface area (Å²) in [6.45, 7) is 2.99. The second kappa shape index (κ2) is 6.19. The van der Waals surface area contributed by atoms with Gasteiger partial charge in [0.05, 0.1) is 18.8 Å². The first-order chi connectivity index (χ1) is 9.51. The van der Waals surface area contributed by atoms with Crippen LogP contribution in [-0.2, 0) is 4.79 Å². The second-order valence-electron chi connectivity index (χ2n) is 5.27. The molecule has 1 fully saturated rings. The van der Waals surface area contributed by atoms with Gasteiger partial charge in [-0.25, -0.2) is 4.39 Å². The Morgan fingerprint density at radius 2 is 2.35 bits per heavy atom. The molecule has 2 atom stereocenters. The summed E-state index contributed by atoms with van der Waals surface area (Å²) in [5, 5.41) is 11.9. The summed E-state index contributed by atoms with van der Waals surface area (Å²) >= 11 is 0. The van der Waals surface area contributed by atoms with E-state index in [1.54, 1.807) is 0 Å². The molecule has 1 saturated heterocycles. The van der Waals surface area contributed by atoms with Gasteiger partial charge in [-0.2, -0.15) is 0 Å². The highest BCUT2D eigenvalue weighted by atomic mass is 19.1. The fourth-order valence-corrected chi connectivity index (χ4v) is 2.59. The summed E-state index contributed by atoms with van der Waals surface area (Å²) in [7, 11) is 0. The normalized spacial score (nSPS) is 22.9. The van der Waals surface area contributed by atoms with Crippen molar-refractivity contribution in [3.63, 3.8) is 0 Å². The first-order valence-electron chi connectivity index (χ1n) is 6.71.